The van der Waals surface area contributed by atoms with E-state index in [1.165, 1.54) is 11.3 Å². The number of hydrogen-bond donors (Lipinski definition) is 2. The van der Waals surface area contributed by atoms with Gasteiger partial charge in [-0.3, -0.25) is 9.59 Å². The molecule has 172 valence electrons. The fraction of sp³-hybridized carbons (Fsp3) is 0.148. The van der Waals surface area contributed by atoms with E-state index in [2.05, 4.69) is 15.6 Å². The summed E-state index contributed by atoms with van der Waals surface area (Å²) in [7, 11) is 1.60. The summed E-state index contributed by atoms with van der Waals surface area (Å²) in [5, 5.41) is 8.21. The second kappa shape index (κ2) is 11.2. The molecule has 6 nitrogen and oxygen atoms in total. The van der Waals surface area contributed by atoms with Crippen LogP contribution in [0.4, 0.5) is 0 Å². The van der Waals surface area contributed by atoms with Crippen LogP contribution in [-0.4, -0.2) is 23.9 Å². The molecule has 0 saturated carbocycles. The molecule has 0 atom stereocenters. The first-order valence-electron chi connectivity index (χ1n) is 10.9. The standard InChI is InChI=1S/C27H25N3O3S/c1-33-23-15-9-8-14-21(23)16-28-26(31)22-18-34-24(30-22)17-29-27(32)25(19-10-4-2-5-11-19)20-12-6-3-7-13-20/h2-15,18,25H,16-17H2,1H3,(H,28,31)(H,29,32). The Labute approximate surface area is 202 Å². The number of benzene rings is 3. The maximum absolute atomic E-state index is 13.2. The van der Waals surface area contributed by atoms with E-state index in [0.29, 0.717) is 17.2 Å². The number of nitrogens with zero attached hydrogens (tertiary/aromatic N) is 1. The van der Waals surface area contributed by atoms with Gasteiger partial charge in [0, 0.05) is 17.5 Å². The molecule has 1 aromatic heterocycles. The number of thiazole rings is 1. The van der Waals surface area contributed by atoms with Crippen LogP contribution < -0.4 is 15.4 Å². The van der Waals surface area contributed by atoms with Gasteiger partial charge in [-0.25, -0.2) is 4.98 Å². The number of carbonyl (C=O) groups is 2. The van der Waals surface area contributed by atoms with Crippen molar-refractivity contribution in [3.05, 3.63) is 118 Å². The first-order chi connectivity index (χ1) is 16.7. The van der Waals surface area contributed by atoms with Crippen molar-refractivity contribution in [2.24, 2.45) is 0 Å². The Morgan fingerprint density at radius 2 is 1.47 bits per heavy atom. The van der Waals surface area contributed by atoms with Crippen LogP contribution >= 0.6 is 11.3 Å². The van der Waals surface area contributed by atoms with Crippen LogP contribution in [0.2, 0.25) is 0 Å². The molecule has 7 heteroatoms. The number of rotatable bonds is 9. The van der Waals surface area contributed by atoms with E-state index < -0.39 is 5.92 Å². The van der Waals surface area contributed by atoms with Crippen molar-refractivity contribution in [1.29, 1.82) is 0 Å². The summed E-state index contributed by atoms with van der Waals surface area (Å²) >= 11 is 1.34. The zero-order valence-electron chi connectivity index (χ0n) is 18.7. The molecule has 1 heterocycles. The fourth-order valence-corrected chi connectivity index (χ4v) is 4.38. The zero-order chi connectivity index (χ0) is 23.8. The molecule has 0 radical (unpaired) electrons. The van der Waals surface area contributed by atoms with Crippen LogP contribution in [0.1, 0.15) is 38.1 Å². The maximum Gasteiger partial charge on any atom is 0.271 e. The van der Waals surface area contributed by atoms with E-state index in [4.69, 9.17) is 4.74 Å². The van der Waals surface area contributed by atoms with Gasteiger partial charge in [0.1, 0.15) is 16.5 Å². The summed E-state index contributed by atoms with van der Waals surface area (Å²) in [5.41, 5.74) is 3.05. The van der Waals surface area contributed by atoms with E-state index in [-0.39, 0.29) is 18.4 Å². The van der Waals surface area contributed by atoms with Crippen molar-refractivity contribution in [3.8, 4) is 5.75 Å². The Morgan fingerprint density at radius 3 is 2.12 bits per heavy atom. The lowest BCUT2D eigenvalue weighted by atomic mass is 9.90. The second-order valence-electron chi connectivity index (χ2n) is 7.59. The molecule has 3 aromatic carbocycles. The first-order valence-corrected chi connectivity index (χ1v) is 11.8. The van der Waals surface area contributed by atoms with Gasteiger partial charge in [0.25, 0.3) is 5.91 Å². The van der Waals surface area contributed by atoms with Gasteiger partial charge in [0.15, 0.2) is 0 Å². The highest BCUT2D eigenvalue weighted by Gasteiger charge is 2.22. The van der Waals surface area contributed by atoms with Gasteiger partial charge in [-0.1, -0.05) is 78.9 Å². The number of nitrogens with one attached hydrogen (secondary N) is 2. The topological polar surface area (TPSA) is 80.3 Å². The lowest BCUT2D eigenvalue weighted by Gasteiger charge is -2.17. The molecule has 4 aromatic rings. The Hall–Kier alpha value is -3.97. The number of methoxy groups -OCH3 is 1. The molecule has 0 bridgehead atoms. The highest BCUT2D eigenvalue weighted by atomic mass is 32.1. The largest absolute Gasteiger partial charge is 0.496 e. The van der Waals surface area contributed by atoms with Crippen LogP contribution in [0.15, 0.2) is 90.3 Å². The summed E-state index contributed by atoms with van der Waals surface area (Å²) < 4.78 is 5.32. The molecule has 0 unspecified atom stereocenters. The summed E-state index contributed by atoms with van der Waals surface area (Å²) in [5.74, 6) is -0.0946. The summed E-state index contributed by atoms with van der Waals surface area (Å²) in [4.78, 5) is 30.1. The van der Waals surface area contributed by atoms with E-state index in [9.17, 15) is 9.59 Å². The molecule has 0 fully saturated rings. The van der Waals surface area contributed by atoms with E-state index in [1.54, 1.807) is 12.5 Å². The molecular formula is C27H25N3O3S. The van der Waals surface area contributed by atoms with Crippen molar-refractivity contribution < 1.29 is 14.3 Å². The SMILES string of the molecule is COc1ccccc1CNC(=O)c1csc(CNC(=O)C(c2ccccc2)c2ccccc2)n1. The monoisotopic (exact) mass is 471 g/mol. The zero-order valence-corrected chi connectivity index (χ0v) is 19.5. The number of hydrogen-bond acceptors (Lipinski definition) is 5. The van der Waals surface area contributed by atoms with Gasteiger partial charge in [0.2, 0.25) is 5.91 Å². The average molecular weight is 472 g/mol. The minimum Gasteiger partial charge on any atom is -0.496 e. The number of amides is 2. The Bertz CT molecular complexity index is 1200. The fourth-order valence-electron chi connectivity index (χ4n) is 3.66. The van der Waals surface area contributed by atoms with Crippen LogP contribution in [0, 0.1) is 0 Å². The van der Waals surface area contributed by atoms with Crippen LogP contribution in [0.25, 0.3) is 0 Å². The average Bonchev–Trinajstić information content (AvgIpc) is 3.37. The predicted molar refractivity (Wildman–Crippen MR) is 133 cm³/mol. The van der Waals surface area contributed by atoms with E-state index in [1.807, 2.05) is 84.9 Å². The lowest BCUT2D eigenvalue weighted by Crippen LogP contribution is -2.29. The minimum atomic E-state index is -0.425. The first kappa shape index (κ1) is 23.2. The molecule has 2 N–H and O–H groups in total. The van der Waals surface area contributed by atoms with Crippen molar-refractivity contribution in [1.82, 2.24) is 15.6 Å². The third-order valence-corrected chi connectivity index (χ3v) is 6.21. The Morgan fingerprint density at radius 1 is 0.853 bits per heavy atom. The highest BCUT2D eigenvalue weighted by Crippen LogP contribution is 2.25. The van der Waals surface area contributed by atoms with Crippen LogP contribution in [0.5, 0.6) is 5.75 Å². The quantitative estimate of drug-likeness (QED) is 0.376. The smallest absolute Gasteiger partial charge is 0.271 e. The molecule has 0 aliphatic heterocycles. The Kier molecular flexibility index (Phi) is 7.67. The second-order valence-corrected chi connectivity index (χ2v) is 8.54. The third-order valence-electron chi connectivity index (χ3n) is 5.36. The van der Waals surface area contributed by atoms with Gasteiger partial charge in [-0.15, -0.1) is 11.3 Å². The molecular weight excluding hydrogens is 446 g/mol. The van der Waals surface area contributed by atoms with Crippen molar-refractivity contribution in [2.75, 3.05) is 7.11 Å². The van der Waals surface area contributed by atoms with Crippen molar-refractivity contribution >= 4 is 23.2 Å². The van der Waals surface area contributed by atoms with E-state index in [0.717, 1.165) is 22.4 Å². The maximum atomic E-state index is 13.2. The van der Waals surface area contributed by atoms with Crippen LogP contribution in [0.3, 0.4) is 0 Å². The lowest BCUT2D eigenvalue weighted by molar-refractivity contribution is -0.121. The van der Waals surface area contributed by atoms with Gasteiger partial charge in [-0.2, -0.15) is 0 Å². The molecule has 4 rings (SSSR count). The highest BCUT2D eigenvalue weighted by molar-refractivity contribution is 7.09. The number of para-hydroxylation sites is 1. The molecule has 0 spiro atoms. The predicted octanol–water partition coefficient (Wildman–Crippen LogP) is 4.53. The third kappa shape index (κ3) is 5.68. The van der Waals surface area contributed by atoms with E-state index >= 15 is 0 Å². The molecule has 0 saturated heterocycles. The number of aromatic nitrogens is 1. The van der Waals surface area contributed by atoms with Crippen molar-refractivity contribution in [2.45, 2.75) is 19.0 Å². The molecule has 0 aliphatic rings. The number of ether oxygens (including phenoxy) is 1. The normalized spacial score (nSPS) is 10.6. The minimum absolute atomic E-state index is 0.116. The molecule has 2 amide bonds. The van der Waals surface area contributed by atoms with Crippen molar-refractivity contribution in [3.63, 3.8) is 0 Å². The molecule has 0 aliphatic carbocycles. The van der Waals surface area contributed by atoms with Gasteiger partial charge >= 0.3 is 0 Å². The van der Waals surface area contributed by atoms with Gasteiger partial charge in [-0.05, 0) is 17.2 Å². The summed E-state index contributed by atoms with van der Waals surface area (Å²) in [6.45, 7) is 0.585. The van der Waals surface area contributed by atoms with Gasteiger partial charge < -0.3 is 15.4 Å². The Balaban J connectivity index is 1.38. The van der Waals surface area contributed by atoms with Gasteiger partial charge in [0.05, 0.1) is 19.6 Å². The summed E-state index contributed by atoms with van der Waals surface area (Å²) in [6, 6.07) is 26.9. The van der Waals surface area contributed by atoms with Crippen LogP contribution in [-0.2, 0) is 17.9 Å². The molecule has 34 heavy (non-hydrogen) atoms. The summed E-state index contributed by atoms with van der Waals surface area (Å²) in [6.07, 6.45) is 0. The number of carbonyl (C=O) groups excluding carboxylic acids is 2.